The molecule has 0 fully saturated rings. The highest BCUT2D eigenvalue weighted by Crippen LogP contribution is 2.31. The van der Waals surface area contributed by atoms with Gasteiger partial charge in [0.25, 0.3) is 5.91 Å². The van der Waals surface area contributed by atoms with Crippen LogP contribution in [0.1, 0.15) is 30.6 Å². The van der Waals surface area contributed by atoms with E-state index >= 15 is 0 Å². The van der Waals surface area contributed by atoms with E-state index in [1.165, 1.54) is 11.8 Å². The number of carbonyl (C=O) groups is 2. The Morgan fingerprint density at radius 3 is 2.46 bits per heavy atom. The largest absolute Gasteiger partial charge is 0.493 e. The molecule has 2 rings (SSSR count). The molecule has 0 aliphatic heterocycles. The van der Waals surface area contributed by atoms with Gasteiger partial charge >= 0.3 is 0 Å². The number of amides is 2. The van der Waals surface area contributed by atoms with Gasteiger partial charge in [-0.2, -0.15) is 0 Å². The number of nitrogens with one attached hydrogen (secondary N) is 2. The summed E-state index contributed by atoms with van der Waals surface area (Å²) in [7, 11) is 3.15. The Labute approximate surface area is 170 Å². The van der Waals surface area contributed by atoms with E-state index < -0.39 is 0 Å². The highest BCUT2D eigenvalue weighted by atomic mass is 32.2. The van der Waals surface area contributed by atoms with Crippen molar-refractivity contribution in [3.8, 4) is 11.5 Å². The number of hydrogen-bond acceptors (Lipinski definition) is 5. The number of methoxy groups -OCH3 is 2. The van der Waals surface area contributed by atoms with Gasteiger partial charge < -0.3 is 20.1 Å². The fourth-order valence-electron chi connectivity index (χ4n) is 2.44. The maximum Gasteiger partial charge on any atom is 0.253 e. The summed E-state index contributed by atoms with van der Waals surface area (Å²) in [4.78, 5) is 25.7. The molecule has 0 heterocycles. The van der Waals surface area contributed by atoms with Gasteiger partial charge in [0.1, 0.15) is 0 Å². The summed E-state index contributed by atoms with van der Waals surface area (Å²) in [5.74, 6) is 1.07. The maximum absolute atomic E-state index is 12.4. The monoisotopic (exact) mass is 402 g/mol. The van der Waals surface area contributed by atoms with Crippen LogP contribution in [0, 0.1) is 0 Å². The molecule has 2 aromatic carbocycles. The lowest BCUT2D eigenvalue weighted by molar-refractivity contribution is -0.113. The lowest BCUT2D eigenvalue weighted by Gasteiger charge is -2.14. The minimum absolute atomic E-state index is 0.0665. The number of rotatable bonds is 9. The van der Waals surface area contributed by atoms with Crippen LogP contribution in [0.3, 0.4) is 0 Å². The molecule has 0 bridgehead atoms. The van der Waals surface area contributed by atoms with Gasteiger partial charge in [-0.15, -0.1) is 11.8 Å². The van der Waals surface area contributed by atoms with Crippen LogP contribution in [0.25, 0.3) is 0 Å². The second-order valence-corrected chi connectivity index (χ2v) is 7.23. The fourth-order valence-corrected chi connectivity index (χ4v) is 3.16. The van der Waals surface area contributed by atoms with Crippen LogP contribution in [-0.4, -0.2) is 37.8 Å². The molecular formula is C21H26N2O4S. The van der Waals surface area contributed by atoms with Gasteiger partial charge in [0.2, 0.25) is 5.91 Å². The predicted molar refractivity (Wildman–Crippen MR) is 113 cm³/mol. The Bertz CT molecular complexity index is 826. The number of hydrogen-bond donors (Lipinski definition) is 2. The Morgan fingerprint density at radius 1 is 1.07 bits per heavy atom. The molecule has 0 aliphatic carbocycles. The predicted octanol–water partition coefficient (Wildman–Crippen LogP) is 3.96. The molecule has 6 nitrogen and oxygen atoms in total. The Kier molecular flexibility index (Phi) is 8.19. The molecule has 2 N–H and O–H groups in total. The number of thioether (sulfide) groups is 1. The molecule has 0 saturated carbocycles. The Morgan fingerprint density at radius 2 is 1.79 bits per heavy atom. The van der Waals surface area contributed by atoms with E-state index in [1.54, 1.807) is 44.6 Å². The van der Waals surface area contributed by atoms with E-state index in [2.05, 4.69) is 10.6 Å². The van der Waals surface area contributed by atoms with E-state index in [-0.39, 0.29) is 23.6 Å². The average Bonchev–Trinajstić information content (AvgIpc) is 2.72. The van der Waals surface area contributed by atoms with Crippen LogP contribution in [-0.2, 0) is 4.79 Å². The summed E-state index contributed by atoms with van der Waals surface area (Å²) in [6.45, 7) is 3.95. The first kappa shape index (κ1) is 21.6. The van der Waals surface area contributed by atoms with E-state index in [0.29, 0.717) is 22.7 Å². The maximum atomic E-state index is 12.4. The van der Waals surface area contributed by atoms with Crippen molar-refractivity contribution in [1.29, 1.82) is 0 Å². The zero-order valence-electron chi connectivity index (χ0n) is 16.6. The van der Waals surface area contributed by atoms with Gasteiger partial charge in [0, 0.05) is 10.9 Å². The van der Waals surface area contributed by atoms with Gasteiger partial charge in [-0.05, 0) is 43.7 Å². The lowest BCUT2D eigenvalue weighted by atomic mass is 10.1. The Hall–Kier alpha value is -2.67. The third-order valence-corrected chi connectivity index (χ3v) is 5.15. The molecule has 7 heteroatoms. The van der Waals surface area contributed by atoms with E-state index in [4.69, 9.17) is 9.47 Å². The molecule has 28 heavy (non-hydrogen) atoms. The molecule has 2 aromatic rings. The summed E-state index contributed by atoms with van der Waals surface area (Å²) >= 11 is 1.38. The van der Waals surface area contributed by atoms with E-state index in [0.717, 1.165) is 11.3 Å². The van der Waals surface area contributed by atoms with Gasteiger partial charge in [-0.25, -0.2) is 0 Å². The molecular weight excluding hydrogens is 376 g/mol. The van der Waals surface area contributed by atoms with Gasteiger partial charge in [0.05, 0.1) is 31.2 Å². The van der Waals surface area contributed by atoms with Crippen molar-refractivity contribution in [3.05, 3.63) is 48.0 Å². The quantitative estimate of drug-likeness (QED) is 0.621. The molecule has 0 spiro atoms. The Balaban J connectivity index is 2.01. The summed E-state index contributed by atoms with van der Waals surface area (Å²) in [5, 5.41) is 5.75. The number of carbonyl (C=O) groups excluding carboxylic acids is 2. The van der Waals surface area contributed by atoms with Gasteiger partial charge in [-0.3, -0.25) is 9.59 Å². The molecule has 150 valence electrons. The highest BCUT2D eigenvalue weighted by molar-refractivity contribution is 8.00. The minimum Gasteiger partial charge on any atom is -0.493 e. The summed E-state index contributed by atoms with van der Waals surface area (Å²) in [5.41, 5.74) is 0.952. The topological polar surface area (TPSA) is 76.7 Å². The first-order chi connectivity index (χ1) is 13.5. The van der Waals surface area contributed by atoms with Crippen LogP contribution < -0.4 is 20.1 Å². The first-order valence-electron chi connectivity index (χ1n) is 9.03. The number of ether oxygens (including phenoxy) is 2. The second kappa shape index (κ2) is 10.6. The van der Waals surface area contributed by atoms with Crippen molar-refractivity contribution >= 4 is 29.3 Å². The third kappa shape index (κ3) is 5.92. The zero-order chi connectivity index (χ0) is 20.5. The summed E-state index contributed by atoms with van der Waals surface area (Å²) in [6, 6.07) is 12.6. The molecule has 1 atom stereocenters. The van der Waals surface area contributed by atoms with Crippen molar-refractivity contribution in [2.75, 3.05) is 25.3 Å². The number of para-hydroxylation sites is 1. The molecule has 0 saturated heterocycles. The first-order valence-corrected chi connectivity index (χ1v) is 10.0. The van der Waals surface area contributed by atoms with Crippen LogP contribution in [0.15, 0.2) is 47.4 Å². The third-order valence-electron chi connectivity index (χ3n) is 4.16. The lowest BCUT2D eigenvalue weighted by Crippen LogP contribution is -2.32. The molecule has 1 unspecified atom stereocenters. The standard InChI is InChI=1S/C21H26N2O4S/c1-5-14(2)22-21(25)16-8-6-7-9-17(16)23-20(24)13-28-15-10-11-18(26-3)19(12-15)27-4/h6-12,14H,5,13H2,1-4H3,(H,22,25)(H,23,24). The smallest absolute Gasteiger partial charge is 0.253 e. The van der Waals surface area contributed by atoms with Crippen LogP contribution in [0.2, 0.25) is 0 Å². The van der Waals surface area contributed by atoms with Crippen molar-refractivity contribution in [1.82, 2.24) is 5.32 Å². The normalized spacial score (nSPS) is 11.4. The molecule has 0 aliphatic rings. The summed E-state index contributed by atoms with van der Waals surface area (Å²) in [6.07, 6.45) is 0.836. The van der Waals surface area contributed by atoms with E-state index in [9.17, 15) is 9.59 Å². The molecule has 0 radical (unpaired) electrons. The van der Waals surface area contributed by atoms with Gasteiger partial charge in [-0.1, -0.05) is 19.1 Å². The van der Waals surface area contributed by atoms with Crippen molar-refractivity contribution in [2.24, 2.45) is 0 Å². The molecule has 2 amide bonds. The fraction of sp³-hybridized carbons (Fsp3) is 0.333. The highest BCUT2D eigenvalue weighted by Gasteiger charge is 2.15. The second-order valence-electron chi connectivity index (χ2n) is 6.18. The van der Waals surface area contributed by atoms with Gasteiger partial charge in [0.15, 0.2) is 11.5 Å². The van der Waals surface area contributed by atoms with Crippen molar-refractivity contribution in [3.63, 3.8) is 0 Å². The zero-order valence-corrected chi connectivity index (χ0v) is 17.4. The molecule has 0 aromatic heterocycles. The van der Waals surface area contributed by atoms with Crippen LogP contribution in [0.5, 0.6) is 11.5 Å². The summed E-state index contributed by atoms with van der Waals surface area (Å²) < 4.78 is 10.5. The van der Waals surface area contributed by atoms with Crippen LogP contribution >= 0.6 is 11.8 Å². The van der Waals surface area contributed by atoms with Crippen molar-refractivity contribution < 1.29 is 19.1 Å². The van der Waals surface area contributed by atoms with Crippen LogP contribution in [0.4, 0.5) is 5.69 Å². The SMILES string of the molecule is CCC(C)NC(=O)c1ccccc1NC(=O)CSc1ccc(OC)c(OC)c1. The average molecular weight is 403 g/mol. The number of anilines is 1. The minimum atomic E-state index is -0.196. The van der Waals surface area contributed by atoms with Crippen molar-refractivity contribution in [2.45, 2.75) is 31.2 Å². The van der Waals surface area contributed by atoms with E-state index in [1.807, 2.05) is 26.0 Å². The number of benzene rings is 2.